The summed E-state index contributed by atoms with van der Waals surface area (Å²) in [6.45, 7) is 4.85. The van der Waals surface area contributed by atoms with E-state index in [9.17, 15) is 30.7 Å². The van der Waals surface area contributed by atoms with Crippen molar-refractivity contribution in [2.75, 3.05) is 26.3 Å². The van der Waals surface area contributed by atoms with Gasteiger partial charge in [-0.25, -0.2) is 14.0 Å². The van der Waals surface area contributed by atoms with Gasteiger partial charge in [-0.05, 0) is 41.8 Å². The smallest absolute Gasteiger partial charge is 0.475 e. The number of hydrogen-bond donors (Lipinski definition) is 2. The van der Waals surface area contributed by atoms with Crippen molar-refractivity contribution in [1.29, 1.82) is 0 Å². The van der Waals surface area contributed by atoms with E-state index in [4.69, 9.17) is 29.3 Å². The number of carboxylic acids is 2. The van der Waals surface area contributed by atoms with Gasteiger partial charge < -0.3 is 19.7 Å². The minimum absolute atomic E-state index is 0.0573. The number of alkyl halides is 6. The van der Waals surface area contributed by atoms with Crippen molar-refractivity contribution < 1.29 is 60.0 Å². The lowest BCUT2D eigenvalue weighted by Gasteiger charge is -2.50. The fourth-order valence-electron chi connectivity index (χ4n) is 3.84. The van der Waals surface area contributed by atoms with Crippen LogP contribution in [-0.2, 0) is 32.2 Å². The average Bonchev–Trinajstić information content (AvgIpc) is 3.24. The van der Waals surface area contributed by atoms with Gasteiger partial charge in [0.1, 0.15) is 5.82 Å². The Hall–Kier alpha value is -3.30. The first-order valence-electron chi connectivity index (χ1n) is 11.3. The summed E-state index contributed by atoms with van der Waals surface area (Å²) in [5.41, 5.74) is 2.23. The monoisotopic (exact) mass is 570 g/mol. The molecule has 1 aromatic heterocycles. The van der Waals surface area contributed by atoms with Crippen LogP contribution in [0.25, 0.3) is 0 Å². The minimum Gasteiger partial charge on any atom is -0.475 e. The summed E-state index contributed by atoms with van der Waals surface area (Å²) in [7, 11) is 0. The molecule has 0 bridgehead atoms. The van der Waals surface area contributed by atoms with E-state index in [1.54, 1.807) is 12.4 Å². The molecule has 2 aliphatic heterocycles. The van der Waals surface area contributed by atoms with Crippen LogP contribution in [0.3, 0.4) is 0 Å². The van der Waals surface area contributed by atoms with Crippen molar-refractivity contribution in [2.45, 2.75) is 37.5 Å². The van der Waals surface area contributed by atoms with Gasteiger partial charge >= 0.3 is 24.3 Å². The quantitative estimate of drug-likeness (QED) is 0.496. The Bertz CT molecular complexity index is 1040. The number of likely N-dealkylation sites (tertiary alicyclic amines) is 1. The average molecular weight is 570 g/mol. The van der Waals surface area contributed by atoms with Crippen molar-refractivity contribution in [3.63, 3.8) is 0 Å². The molecule has 2 aliphatic rings. The highest BCUT2D eigenvalue weighted by molar-refractivity contribution is 5.73. The maximum Gasteiger partial charge on any atom is 0.490 e. The molecule has 1 spiro atoms. The van der Waals surface area contributed by atoms with Gasteiger partial charge in [-0.3, -0.25) is 9.88 Å². The Balaban J connectivity index is 0.000000317. The minimum atomic E-state index is -5.08. The molecule has 2 N–H and O–H groups in total. The third-order valence-electron chi connectivity index (χ3n) is 5.72. The van der Waals surface area contributed by atoms with Crippen molar-refractivity contribution in [3.05, 3.63) is 65.7 Å². The van der Waals surface area contributed by atoms with Crippen LogP contribution in [0, 0.1) is 11.7 Å². The van der Waals surface area contributed by atoms with E-state index in [0.29, 0.717) is 12.5 Å². The van der Waals surface area contributed by atoms with Crippen molar-refractivity contribution >= 4 is 11.9 Å². The van der Waals surface area contributed by atoms with Crippen LogP contribution in [0.1, 0.15) is 17.5 Å². The number of pyridine rings is 1. The molecular formula is C24H25F7N2O6. The predicted octanol–water partition coefficient (Wildman–Crippen LogP) is 4.30. The van der Waals surface area contributed by atoms with Gasteiger partial charge in [-0.1, -0.05) is 12.1 Å². The molecule has 2 aromatic rings. The molecule has 0 saturated carbocycles. The number of ether oxygens (including phenoxy) is 2. The van der Waals surface area contributed by atoms with Gasteiger partial charge in [0.2, 0.25) is 0 Å². The SMILES string of the molecule is Fc1ccc(CN2CC3(C2)OCCC3COCc2ccncc2)cc1.O=C(O)C(F)(F)F.O=C(O)C(F)(F)F. The van der Waals surface area contributed by atoms with Crippen LogP contribution >= 0.6 is 0 Å². The summed E-state index contributed by atoms with van der Waals surface area (Å²) in [6.07, 6.45) is -5.53. The summed E-state index contributed by atoms with van der Waals surface area (Å²) in [4.78, 5) is 24.2. The number of rotatable bonds is 6. The maximum absolute atomic E-state index is 13.0. The van der Waals surface area contributed by atoms with Gasteiger partial charge in [0.25, 0.3) is 0 Å². The first-order chi connectivity index (χ1) is 18.1. The molecule has 2 saturated heterocycles. The molecule has 39 heavy (non-hydrogen) atoms. The molecule has 8 nitrogen and oxygen atoms in total. The van der Waals surface area contributed by atoms with Gasteiger partial charge in [-0.2, -0.15) is 26.3 Å². The molecular weight excluding hydrogens is 545 g/mol. The molecule has 216 valence electrons. The first-order valence-corrected chi connectivity index (χ1v) is 11.3. The van der Waals surface area contributed by atoms with E-state index >= 15 is 0 Å². The number of halogens is 7. The van der Waals surface area contributed by atoms with E-state index in [0.717, 1.165) is 50.4 Å². The van der Waals surface area contributed by atoms with Crippen molar-refractivity contribution in [3.8, 4) is 0 Å². The zero-order chi connectivity index (χ0) is 29.3. The van der Waals surface area contributed by atoms with Crippen LogP contribution in [0.4, 0.5) is 30.7 Å². The van der Waals surface area contributed by atoms with Gasteiger partial charge in [0.05, 0.1) is 18.8 Å². The number of carboxylic acid groups (broad SMARTS) is 2. The highest BCUT2D eigenvalue weighted by Gasteiger charge is 2.52. The molecule has 2 fully saturated rings. The standard InChI is InChI=1S/C20H23FN2O2.2C2HF3O2/c21-19-3-1-16(2-4-19)11-23-14-20(15-23)18(7-10-25-20)13-24-12-17-5-8-22-9-6-17;2*3-2(4,5)1(6)7/h1-6,8-9,18H,7,10-15H2;2*(H,6,7). The van der Waals surface area contributed by atoms with Crippen LogP contribution in [0.2, 0.25) is 0 Å². The summed E-state index contributed by atoms with van der Waals surface area (Å²) in [5, 5.41) is 14.2. The molecule has 15 heteroatoms. The topological polar surface area (TPSA) is 109 Å². The van der Waals surface area contributed by atoms with E-state index in [-0.39, 0.29) is 11.4 Å². The normalized spacial score (nSPS) is 18.3. The summed E-state index contributed by atoms with van der Waals surface area (Å²) < 4.78 is 88.5. The number of benzene rings is 1. The van der Waals surface area contributed by atoms with Gasteiger partial charge in [0, 0.05) is 44.6 Å². The van der Waals surface area contributed by atoms with Crippen LogP contribution < -0.4 is 0 Å². The summed E-state index contributed by atoms with van der Waals surface area (Å²) in [5.74, 6) is -5.26. The molecule has 0 radical (unpaired) electrons. The van der Waals surface area contributed by atoms with Gasteiger partial charge in [-0.15, -0.1) is 0 Å². The Morgan fingerprint density at radius 2 is 1.46 bits per heavy atom. The highest BCUT2D eigenvalue weighted by Crippen LogP contribution is 2.40. The Morgan fingerprint density at radius 1 is 0.949 bits per heavy atom. The van der Waals surface area contributed by atoms with Crippen LogP contribution in [0.5, 0.6) is 0 Å². The van der Waals surface area contributed by atoms with Gasteiger partial charge in [0.15, 0.2) is 0 Å². The van der Waals surface area contributed by atoms with E-state index in [1.807, 2.05) is 24.3 Å². The zero-order valence-electron chi connectivity index (χ0n) is 20.2. The third-order valence-corrected chi connectivity index (χ3v) is 5.72. The largest absolute Gasteiger partial charge is 0.490 e. The molecule has 0 amide bonds. The zero-order valence-corrected chi connectivity index (χ0v) is 20.2. The second-order valence-corrected chi connectivity index (χ2v) is 8.65. The molecule has 4 rings (SSSR count). The van der Waals surface area contributed by atoms with Crippen molar-refractivity contribution in [1.82, 2.24) is 9.88 Å². The van der Waals surface area contributed by atoms with E-state index < -0.39 is 24.3 Å². The molecule has 1 atom stereocenters. The second-order valence-electron chi connectivity index (χ2n) is 8.65. The lowest BCUT2D eigenvalue weighted by atomic mass is 9.81. The highest BCUT2D eigenvalue weighted by atomic mass is 19.4. The number of nitrogens with zero attached hydrogens (tertiary/aromatic N) is 2. The summed E-state index contributed by atoms with van der Waals surface area (Å²) >= 11 is 0. The third kappa shape index (κ3) is 10.4. The number of carbonyl (C=O) groups is 2. The second kappa shape index (κ2) is 13.7. The molecule has 1 aromatic carbocycles. The Morgan fingerprint density at radius 3 is 1.95 bits per heavy atom. The molecule has 0 aliphatic carbocycles. The fraction of sp³-hybridized carbons (Fsp3) is 0.458. The van der Waals surface area contributed by atoms with Crippen LogP contribution in [0.15, 0.2) is 48.8 Å². The van der Waals surface area contributed by atoms with Crippen LogP contribution in [-0.4, -0.2) is 76.3 Å². The number of aromatic nitrogens is 1. The fourth-order valence-corrected chi connectivity index (χ4v) is 3.84. The Labute approximate surface area is 218 Å². The Kier molecular flexibility index (Phi) is 11.2. The van der Waals surface area contributed by atoms with E-state index in [2.05, 4.69) is 9.88 Å². The summed E-state index contributed by atoms with van der Waals surface area (Å²) in [6, 6.07) is 10.7. The lowest BCUT2D eigenvalue weighted by Crippen LogP contribution is -2.64. The molecule has 3 heterocycles. The van der Waals surface area contributed by atoms with Crippen molar-refractivity contribution in [2.24, 2.45) is 5.92 Å². The predicted molar refractivity (Wildman–Crippen MR) is 120 cm³/mol. The lowest BCUT2D eigenvalue weighted by molar-refractivity contribution is -0.193. The number of hydrogen-bond acceptors (Lipinski definition) is 6. The number of aliphatic carboxylic acids is 2. The van der Waals surface area contributed by atoms with E-state index in [1.165, 1.54) is 12.1 Å². The first kappa shape index (κ1) is 31.9. The maximum atomic E-state index is 13.0. The molecule has 1 unspecified atom stereocenters.